The molecule has 0 fully saturated rings. The number of hydrogen-bond acceptors (Lipinski definition) is 3. The van der Waals surface area contributed by atoms with Crippen LogP contribution in [-0.2, 0) is 0 Å². The van der Waals surface area contributed by atoms with Crippen LogP contribution in [0.25, 0.3) is 0 Å². The Morgan fingerprint density at radius 3 is 2.67 bits per heavy atom. The lowest BCUT2D eigenvalue weighted by atomic mass is 9.99. The van der Waals surface area contributed by atoms with Gasteiger partial charge in [-0.1, -0.05) is 39.2 Å². The highest BCUT2D eigenvalue weighted by molar-refractivity contribution is 5.96. The molecule has 0 aliphatic heterocycles. The first kappa shape index (κ1) is 17.1. The fraction of sp³-hybridized carbons (Fsp3) is 0.562. The van der Waals surface area contributed by atoms with E-state index in [0.29, 0.717) is 23.6 Å². The van der Waals surface area contributed by atoms with E-state index in [1.807, 2.05) is 0 Å². The van der Waals surface area contributed by atoms with Gasteiger partial charge in [0.15, 0.2) is 0 Å². The molecule has 0 radical (unpaired) electrons. The van der Waals surface area contributed by atoms with E-state index in [4.69, 9.17) is 0 Å². The number of nitro groups is 1. The maximum atomic E-state index is 12.2. The highest BCUT2D eigenvalue weighted by Gasteiger charge is 2.18. The number of nitrogens with one attached hydrogen (secondary N) is 1. The molecule has 1 N–H and O–H groups in total. The van der Waals surface area contributed by atoms with Crippen molar-refractivity contribution in [3.05, 3.63) is 39.4 Å². The first-order valence-corrected chi connectivity index (χ1v) is 7.53. The molecule has 0 aliphatic rings. The average molecular weight is 292 g/mol. The van der Waals surface area contributed by atoms with Crippen molar-refractivity contribution < 1.29 is 9.72 Å². The van der Waals surface area contributed by atoms with Crippen LogP contribution >= 0.6 is 0 Å². The van der Waals surface area contributed by atoms with Crippen molar-refractivity contribution >= 4 is 11.6 Å². The second-order valence-electron chi connectivity index (χ2n) is 5.33. The zero-order valence-corrected chi connectivity index (χ0v) is 13.0. The van der Waals surface area contributed by atoms with Crippen LogP contribution in [0.5, 0.6) is 0 Å². The minimum Gasteiger partial charge on any atom is -0.352 e. The Balaban J connectivity index is 2.72. The van der Waals surface area contributed by atoms with Crippen molar-refractivity contribution in [2.24, 2.45) is 5.92 Å². The zero-order chi connectivity index (χ0) is 15.8. The molecule has 0 saturated heterocycles. The van der Waals surface area contributed by atoms with Gasteiger partial charge in [0.25, 0.3) is 11.6 Å². The SMILES string of the molecule is CCCCC(CC)CNC(=O)c1cccc([N+](=O)[O-])c1C. The number of unbranched alkanes of at least 4 members (excludes halogenated alkanes) is 1. The lowest BCUT2D eigenvalue weighted by molar-refractivity contribution is -0.385. The summed E-state index contributed by atoms with van der Waals surface area (Å²) in [5, 5.41) is 13.8. The highest BCUT2D eigenvalue weighted by Crippen LogP contribution is 2.21. The number of carbonyl (C=O) groups excluding carboxylic acids is 1. The molecule has 0 saturated carbocycles. The molecule has 1 aromatic rings. The van der Waals surface area contributed by atoms with E-state index >= 15 is 0 Å². The van der Waals surface area contributed by atoms with E-state index in [9.17, 15) is 14.9 Å². The van der Waals surface area contributed by atoms with Crippen LogP contribution in [0, 0.1) is 23.0 Å². The van der Waals surface area contributed by atoms with Crippen LogP contribution in [0.3, 0.4) is 0 Å². The molecule has 0 bridgehead atoms. The molecular formula is C16H24N2O3. The van der Waals surface area contributed by atoms with E-state index < -0.39 is 4.92 Å². The molecule has 0 aliphatic carbocycles. The second kappa shape index (κ2) is 8.39. The number of carbonyl (C=O) groups is 1. The minimum absolute atomic E-state index is 0.0133. The predicted molar refractivity (Wildman–Crippen MR) is 83.5 cm³/mol. The number of rotatable bonds is 8. The van der Waals surface area contributed by atoms with Gasteiger partial charge in [-0.2, -0.15) is 0 Å². The van der Waals surface area contributed by atoms with Crippen LogP contribution in [0.1, 0.15) is 55.5 Å². The van der Waals surface area contributed by atoms with Crippen LogP contribution < -0.4 is 5.32 Å². The summed E-state index contributed by atoms with van der Waals surface area (Å²) in [4.78, 5) is 22.6. The van der Waals surface area contributed by atoms with E-state index in [2.05, 4.69) is 19.2 Å². The number of hydrogen-bond donors (Lipinski definition) is 1. The summed E-state index contributed by atoms with van der Waals surface area (Å²) in [5.74, 6) is 0.235. The number of amides is 1. The molecular weight excluding hydrogens is 268 g/mol. The van der Waals surface area contributed by atoms with Gasteiger partial charge in [0.1, 0.15) is 0 Å². The van der Waals surface area contributed by atoms with E-state index in [1.165, 1.54) is 6.07 Å². The molecule has 1 unspecified atom stereocenters. The standard InChI is InChI=1S/C16H24N2O3/c1-4-6-8-13(5-2)11-17-16(19)14-9-7-10-15(12(14)3)18(20)21/h7,9-10,13H,4-6,8,11H2,1-3H3,(H,17,19). The third kappa shape index (κ3) is 4.85. The van der Waals surface area contributed by atoms with Gasteiger partial charge >= 0.3 is 0 Å². The maximum absolute atomic E-state index is 12.2. The van der Waals surface area contributed by atoms with E-state index in [-0.39, 0.29) is 11.6 Å². The molecule has 1 amide bonds. The third-order valence-corrected chi connectivity index (χ3v) is 3.84. The van der Waals surface area contributed by atoms with Crippen LogP contribution in [-0.4, -0.2) is 17.4 Å². The number of benzene rings is 1. The van der Waals surface area contributed by atoms with Crippen molar-refractivity contribution in [1.82, 2.24) is 5.32 Å². The van der Waals surface area contributed by atoms with Crippen molar-refractivity contribution in [3.63, 3.8) is 0 Å². The van der Waals surface area contributed by atoms with Crippen molar-refractivity contribution in [1.29, 1.82) is 0 Å². The summed E-state index contributed by atoms with van der Waals surface area (Å²) < 4.78 is 0. The Hall–Kier alpha value is -1.91. The topological polar surface area (TPSA) is 72.2 Å². The zero-order valence-electron chi connectivity index (χ0n) is 13.0. The van der Waals surface area contributed by atoms with Gasteiger partial charge < -0.3 is 5.32 Å². The fourth-order valence-corrected chi connectivity index (χ4v) is 2.34. The van der Waals surface area contributed by atoms with Gasteiger partial charge in [-0.25, -0.2) is 0 Å². The molecule has 0 heterocycles. The molecule has 0 aromatic heterocycles. The van der Waals surface area contributed by atoms with Gasteiger partial charge in [0, 0.05) is 23.7 Å². The minimum atomic E-state index is -0.456. The van der Waals surface area contributed by atoms with Crippen molar-refractivity contribution in [2.75, 3.05) is 6.54 Å². The first-order chi connectivity index (χ1) is 10.0. The first-order valence-electron chi connectivity index (χ1n) is 7.53. The third-order valence-electron chi connectivity index (χ3n) is 3.84. The quantitative estimate of drug-likeness (QED) is 0.584. The number of nitrogens with zero attached hydrogens (tertiary/aromatic N) is 1. The van der Waals surface area contributed by atoms with Gasteiger partial charge in [0.05, 0.1) is 4.92 Å². The predicted octanol–water partition coefficient (Wildman–Crippen LogP) is 3.85. The lowest BCUT2D eigenvalue weighted by Crippen LogP contribution is -2.29. The molecule has 1 rings (SSSR count). The average Bonchev–Trinajstić information content (AvgIpc) is 2.47. The Kier molecular flexibility index (Phi) is 6.85. The maximum Gasteiger partial charge on any atom is 0.273 e. The summed E-state index contributed by atoms with van der Waals surface area (Å²) >= 11 is 0. The molecule has 5 nitrogen and oxygen atoms in total. The largest absolute Gasteiger partial charge is 0.352 e. The van der Waals surface area contributed by atoms with Crippen LogP contribution in [0.4, 0.5) is 5.69 Å². The Morgan fingerprint density at radius 1 is 1.38 bits per heavy atom. The Morgan fingerprint density at radius 2 is 2.10 bits per heavy atom. The molecule has 0 spiro atoms. The summed E-state index contributed by atoms with van der Waals surface area (Å²) in [6.07, 6.45) is 4.42. The summed E-state index contributed by atoms with van der Waals surface area (Å²) in [6, 6.07) is 4.60. The monoisotopic (exact) mass is 292 g/mol. The fourth-order valence-electron chi connectivity index (χ4n) is 2.34. The van der Waals surface area contributed by atoms with Gasteiger partial charge in [0.2, 0.25) is 0 Å². The van der Waals surface area contributed by atoms with Crippen molar-refractivity contribution in [3.8, 4) is 0 Å². The van der Waals surface area contributed by atoms with Crippen molar-refractivity contribution in [2.45, 2.75) is 46.5 Å². The normalized spacial score (nSPS) is 12.0. The van der Waals surface area contributed by atoms with Gasteiger partial charge in [-0.15, -0.1) is 0 Å². The molecule has 21 heavy (non-hydrogen) atoms. The van der Waals surface area contributed by atoms with E-state index in [0.717, 1.165) is 25.7 Å². The molecule has 5 heteroatoms. The molecule has 1 aromatic carbocycles. The molecule has 1 atom stereocenters. The Bertz CT molecular complexity index is 500. The lowest BCUT2D eigenvalue weighted by Gasteiger charge is -2.15. The summed E-state index contributed by atoms with van der Waals surface area (Å²) in [5.41, 5.74) is 0.789. The second-order valence-corrected chi connectivity index (χ2v) is 5.33. The van der Waals surface area contributed by atoms with E-state index in [1.54, 1.807) is 19.1 Å². The molecule has 116 valence electrons. The summed E-state index contributed by atoms with van der Waals surface area (Å²) in [6.45, 7) is 6.50. The van der Waals surface area contributed by atoms with Crippen LogP contribution in [0.15, 0.2) is 18.2 Å². The Labute approximate surface area is 125 Å². The summed E-state index contributed by atoms with van der Waals surface area (Å²) in [7, 11) is 0. The van der Waals surface area contributed by atoms with Crippen LogP contribution in [0.2, 0.25) is 0 Å². The smallest absolute Gasteiger partial charge is 0.273 e. The highest BCUT2D eigenvalue weighted by atomic mass is 16.6. The van der Waals surface area contributed by atoms with Gasteiger partial charge in [-0.3, -0.25) is 14.9 Å². The number of nitro benzene ring substituents is 1. The van der Waals surface area contributed by atoms with Gasteiger partial charge in [-0.05, 0) is 25.3 Å².